The number of nitrogens with zero attached hydrogens (tertiary/aromatic N) is 2. The molecule has 1 aromatic heterocycles. The number of nitrogen functional groups attached to an aromatic ring is 1. The first-order valence-corrected chi connectivity index (χ1v) is 7.45. The van der Waals surface area contributed by atoms with Crippen LogP contribution in [0.25, 0.3) is 0 Å². The summed E-state index contributed by atoms with van der Waals surface area (Å²) in [7, 11) is 0. The highest BCUT2D eigenvalue weighted by atomic mass is 35.5. The van der Waals surface area contributed by atoms with Crippen LogP contribution in [0.2, 0.25) is 10.0 Å². The van der Waals surface area contributed by atoms with Gasteiger partial charge in [-0.1, -0.05) is 35.0 Å². The van der Waals surface area contributed by atoms with Gasteiger partial charge in [-0.05, 0) is 39.0 Å². The van der Waals surface area contributed by atoms with E-state index >= 15 is 0 Å². The molecule has 0 radical (unpaired) electrons. The molecule has 6 heteroatoms. The van der Waals surface area contributed by atoms with Gasteiger partial charge in [0, 0.05) is 10.9 Å². The van der Waals surface area contributed by atoms with E-state index in [4.69, 9.17) is 28.9 Å². The average Bonchev–Trinajstić information content (AvgIpc) is 2.62. The molecule has 3 nitrogen and oxygen atoms in total. The van der Waals surface area contributed by atoms with Crippen LogP contribution in [0.4, 0.5) is 5.69 Å². The standard InChI is InChI=1S/C13H15Cl2N3S/c1-7(2)18-13(12(16)8(3)17-18)19-9-4-5-10(14)11(15)6-9/h4-7H,16H2,1-3H3. The molecule has 0 saturated carbocycles. The summed E-state index contributed by atoms with van der Waals surface area (Å²) in [6, 6.07) is 5.79. The fraction of sp³-hybridized carbons (Fsp3) is 0.308. The summed E-state index contributed by atoms with van der Waals surface area (Å²) in [5, 5.41) is 6.48. The summed E-state index contributed by atoms with van der Waals surface area (Å²) in [4.78, 5) is 0.989. The van der Waals surface area contributed by atoms with Crippen molar-refractivity contribution in [3.8, 4) is 0 Å². The normalized spacial score (nSPS) is 11.3. The van der Waals surface area contributed by atoms with Crippen LogP contribution >= 0.6 is 35.0 Å². The molecule has 0 aliphatic carbocycles. The molecule has 0 bridgehead atoms. The molecule has 0 unspecified atom stereocenters. The highest BCUT2D eigenvalue weighted by Crippen LogP contribution is 2.37. The number of hydrogen-bond donors (Lipinski definition) is 1. The number of anilines is 1. The summed E-state index contributed by atoms with van der Waals surface area (Å²) >= 11 is 13.5. The van der Waals surface area contributed by atoms with Gasteiger partial charge in [0.05, 0.1) is 21.4 Å². The van der Waals surface area contributed by atoms with Crippen molar-refractivity contribution in [3.63, 3.8) is 0 Å². The van der Waals surface area contributed by atoms with Crippen molar-refractivity contribution in [2.75, 3.05) is 5.73 Å². The summed E-state index contributed by atoms with van der Waals surface area (Å²) in [6.07, 6.45) is 0. The van der Waals surface area contributed by atoms with E-state index in [1.54, 1.807) is 17.8 Å². The van der Waals surface area contributed by atoms with Crippen molar-refractivity contribution in [2.45, 2.75) is 36.7 Å². The fourth-order valence-electron chi connectivity index (χ4n) is 1.64. The molecule has 19 heavy (non-hydrogen) atoms. The second-order valence-electron chi connectivity index (χ2n) is 4.52. The van der Waals surface area contributed by atoms with Crippen LogP contribution in [0.3, 0.4) is 0 Å². The zero-order chi connectivity index (χ0) is 14.2. The predicted molar refractivity (Wildman–Crippen MR) is 82.3 cm³/mol. The van der Waals surface area contributed by atoms with Gasteiger partial charge < -0.3 is 5.73 Å². The third kappa shape index (κ3) is 3.02. The molecule has 0 aliphatic heterocycles. The Labute approximate surface area is 127 Å². The molecule has 1 heterocycles. The van der Waals surface area contributed by atoms with Gasteiger partial charge in [0.15, 0.2) is 0 Å². The minimum Gasteiger partial charge on any atom is -0.395 e. The Bertz CT molecular complexity index is 608. The van der Waals surface area contributed by atoms with Gasteiger partial charge in [0.2, 0.25) is 0 Å². The molecule has 0 atom stereocenters. The minimum atomic E-state index is 0.251. The van der Waals surface area contributed by atoms with Crippen molar-refractivity contribution in [1.82, 2.24) is 9.78 Å². The van der Waals surface area contributed by atoms with Gasteiger partial charge in [0.1, 0.15) is 5.03 Å². The van der Waals surface area contributed by atoms with Crippen LogP contribution in [0.15, 0.2) is 28.1 Å². The third-order valence-corrected chi connectivity index (χ3v) is 4.51. The number of halogens is 2. The zero-order valence-corrected chi connectivity index (χ0v) is 13.3. The predicted octanol–water partition coefficient (Wildman–Crippen LogP) is 4.81. The number of aryl methyl sites for hydroxylation is 1. The largest absolute Gasteiger partial charge is 0.395 e. The molecule has 0 amide bonds. The van der Waals surface area contributed by atoms with E-state index in [9.17, 15) is 0 Å². The maximum atomic E-state index is 6.09. The Balaban J connectivity index is 2.40. The van der Waals surface area contributed by atoms with E-state index in [-0.39, 0.29) is 6.04 Å². The Morgan fingerprint density at radius 1 is 1.26 bits per heavy atom. The van der Waals surface area contributed by atoms with E-state index < -0.39 is 0 Å². The van der Waals surface area contributed by atoms with Crippen LogP contribution in [0.1, 0.15) is 25.6 Å². The van der Waals surface area contributed by atoms with Gasteiger partial charge in [0.25, 0.3) is 0 Å². The lowest BCUT2D eigenvalue weighted by Crippen LogP contribution is -2.04. The van der Waals surface area contributed by atoms with Crippen LogP contribution in [0.5, 0.6) is 0 Å². The van der Waals surface area contributed by atoms with E-state index in [1.165, 1.54) is 0 Å². The first-order chi connectivity index (χ1) is 8.90. The monoisotopic (exact) mass is 315 g/mol. The Morgan fingerprint density at radius 2 is 1.95 bits per heavy atom. The van der Waals surface area contributed by atoms with Crippen molar-refractivity contribution in [3.05, 3.63) is 33.9 Å². The number of aromatic nitrogens is 2. The second kappa shape index (κ2) is 5.65. The van der Waals surface area contributed by atoms with Crippen LogP contribution < -0.4 is 5.73 Å². The molecule has 2 N–H and O–H groups in total. The third-order valence-electron chi connectivity index (χ3n) is 2.68. The van der Waals surface area contributed by atoms with E-state index in [0.717, 1.165) is 15.6 Å². The van der Waals surface area contributed by atoms with E-state index in [1.807, 2.05) is 23.7 Å². The number of benzene rings is 1. The topological polar surface area (TPSA) is 43.8 Å². The summed E-state index contributed by atoms with van der Waals surface area (Å²) in [5.41, 5.74) is 7.65. The van der Waals surface area contributed by atoms with Crippen molar-refractivity contribution in [2.24, 2.45) is 0 Å². The van der Waals surface area contributed by atoms with Gasteiger partial charge in [-0.3, -0.25) is 4.68 Å². The first kappa shape index (κ1) is 14.6. The quantitative estimate of drug-likeness (QED) is 0.883. The van der Waals surface area contributed by atoms with E-state index in [0.29, 0.717) is 15.7 Å². The highest BCUT2D eigenvalue weighted by molar-refractivity contribution is 7.99. The average molecular weight is 316 g/mol. The SMILES string of the molecule is Cc1nn(C(C)C)c(Sc2ccc(Cl)c(Cl)c2)c1N. The Kier molecular flexibility index (Phi) is 4.33. The molecule has 0 fully saturated rings. The van der Waals surface area contributed by atoms with Crippen molar-refractivity contribution >= 4 is 40.7 Å². The molecule has 0 saturated heterocycles. The maximum absolute atomic E-state index is 6.09. The van der Waals surface area contributed by atoms with Crippen LogP contribution in [0, 0.1) is 6.92 Å². The van der Waals surface area contributed by atoms with Gasteiger partial charge in [-0.2, -0.15) is 5.10 Å². The fourth-order valence-corrected chi connectivity index (χ4v) is 3.14. The van der Waals surface area contributed by atoms with Crippen LogP contribution in [-0.4, -0.2) is 9.78 Å². The second-order valence-corrected chi connectivity index (χ2v) is 6.40. The lowest BCUT2D eigenvalue weighted by Gasteiger charge is -2.11. The molecule has 2 rings (SSSR count). The zero-order valence-electron chi connectivity index (χ0n) is 10.9. The first-order valence-electron chi connectivity index (χ1n) is 5.87. The lowest BCUT2D eigenvalue weighted by molar-refractivity contribution is 0.491. The summed E-state index contributed by atoms with van der Waals surface area (Å²) in [6.45, 7) is 6.06. The van der Waals surface area contributed by atoms with Gasteiger partial charge in [-0.25, -0.2) is 0 Å². The van der Waals surface area contributed by atoms with Gasteiger partial charge in [-0.15, -0.1) is 0 Å². The smallest absolute Gasteiger partial charge is 0.122 e. The summed E-state index contributed by atoms with van der Waals surface area (Å²) < 4.78 is 1.93. The molecule has 2 aromatic rings. The molecular weight excluding hydrogens is 301 g/mol. The molecule has 1 aromatic carbocycles. The molecule has 102 valence electrons. The highest BCUT2D eigenvalue weighted by Gasteiger charge is 2.16. The van der Waals surface area contributed by atoms with Crippen molar-refractivity contribution in [1.29, 1.82) is 0 Å². The number of hydrogen-bond acceptors (Lipinski definition) is 3. The molecular formula is C13H15Cl2N3S. The van der Waals surface area contributed by atoms with Crippen molar-refractivity contribution < 1.29 is 0 Å². The Morgan fingerprint density at radius 3 is 2.53 bits per heavy atom. The number of nitrogens with two attached hydrogens (primary N) is 1. The summed E-state index contributed by atoms with van der Waals surface area (Å²) in [5.74, 6) is 0. The minimum absolute atomic E-state index is 0.251. The maximum Gasteiger partial charge on any atom is 0.122 e. The molecule has 0 aliphatic rings. The molecule has 0 spiro atoms. The van der Waals surface area contributed by atoms with E-state index in [2.05, 4.69) is 18.9 Å². The lowest BCUT2D eigenvalue weighted by atomic mass is 10.4. The number of rotatable bonds is 3. The Hall–Kier alpha value is -0.840. The van der Waals surface area contributed by atoms with Crippen LogP contribution in [-0.2, 0) is 0 Å². The van der Waals surface area contributed by atoms with Gasteiger partial charge >= 0.3 is 0 Å².